The molecule has 0 bridgehead atoms. The molecule has 0 radical (unpaired) electrons. The van der Waals surface area contributed by atoms with Crippen LogP contribution in [-0.4, -0.2) is 19.0 Å². The van der Waals surface area contributed by atoms with Crippen LogP contribution in [0.5, 0.6) is 11.5 Å². The largest absolute Gasteiger partial charge is 0.493 e. The number of carbonyl (C=O) groups is 2. The van der Waals surface area contributed by atoms with Crippen LogP contribution in [0.3, 0.4) is 0 Å². The molecule has 0 aromatic heterocycles. The van der Waals surface area contributed by atoms with E-state index in [4.69, 9.17) is 21.1 Å². The first-order chi connectivity index (χ1) is 12.5. The number of nitrogens with one attached hydrogen (secondary N) is 2. The van der Waals surface area contributed by atoms with Crippen molar-refractivity contribution in [2.24, 2.45) is 0 Å². The summed E-state index contributed by atoms with van der Waals surface area (Å²) in [6.07, 6.45) is 1.58. The normalized spacial score (nSPS) is 15.0. The fourth-order valence-electron chi connectivity index (χ4n) is 2.35. The first-order valence-electron chi connectivity index (χ1n) is 7.55. The van der Waals surface area contributed by atoms with Crippen molar-refractivity contribution in [1.29, 1.82) is 0 Å². The maximum atomic E-state index is 11.6. The van der Waals surface area contributed by atoms with E-state index in [1.807, 2.05) is 18.2 Å². The molecule has 1 aliphatic heterocycles. The Kier molecular flexibility index (Phi) is 5.67. The summed E-state index contributed by atoms with van der Waals surface area (Å²) in [6.45, 7) is 0.364. The molecule has 26 heavy (non-hydrogen) atoms. The van der Waals surface area contributed by atoms with Crippen molar-refractivity contribution in [2.75, 3.05) is 7.11 Å². The lowest BCUT2D eigenvalue weighted by molar-refractivity contribution is -0.115. The van der Waals surface area contributed by atoms with Crippen molar-refractivity contribution in [3.63, 3.8) is 0 Å². The molecule has 6 nitrogen and oxygen atoms in total. The number of carbonyl (C=O) groups excluding carboxylic acids is 2. The molecule has 134 valence electrons. The zero-order valence-electron chi connectivity index (χ0n) is 13.6. The molecule has 3 rings (SSSR count). The second kappa shape index (κ2) is 7.96. The lowest BCUT2D eigenvalue weighted by Crippen LogP contribution is -2.22. The minimum atomic E-state index is -0.536. The minimum absolute atomic E-state index is 0.183. The van der Waals surface area contributed by atoms with E-state index in [0.29, 0.717) is 28.7 Å². The molecule has 2 aromatic carbocycles. The Morgan fingerprint density at radius 1 is 1.15 bits per heavy atom. The van der Waals surface area contributed by atoms with Crippen LogP contribution in [0.1, 0.15) is 11.1 Å². The molecule has 0 saturated carbocycles. The van der Waals surface area contributed by atoms with Crippen LogP contribution >= 0.6 is 34.2 Å². The maximum Gasteiger partial charge on any atom is 0.326 e. The summed E-state index contributed by atoms with van der Waals surface area (Å²) in [5.74, 6) is 0.666. The van der Waals surface area contributed by atoms with Crippen molar-refractivity contribution >= 4 is 52.2 Å². The Morgan fingerprint density at radius 2 is 1.88 bits per heavy atom. The van der Waals surface area contributed by atoms with Gasteiger partial charge in [-0.15, -0.1) is 0 Å². The standard InChI is InChI=1S/C18H14ClIN2O4/c1-25-15-8-11(7-14-17(23)22-18(24)21-14)6-13(20)16(15)26-9-10-2-4-12(19)5-3-10/h2-8H,9H2,1H3,(H2,21,22,23,24)/b14-7-. The van der Waals surface area contributed by atoms with Crippen LogP contribution in [-0.2, 0) is 11.4 Å². The third kappa shape index (κ3) is 4.28. The van der Waals surface area contributed by atoms with E-state index in [2.05, 4.69) is 33.2 Å². The molecule has 0 unspecified atom stereocenters. The van der Waals surface area contributed by atoms with Gasteiger partial charge >= 0.3 is 6.03 Å². The summed E-state index contributed by atoms with van der Waals surface area (Å²) < 4.78 is 12.1. The average molecular weight is 485 g/mol. The predicted molar refractivity (Wildman–Crippen MR) is 106 cm³/mol. The van der Waals surface area contributed by atoms with Gasteiger partial charge in [0.25, 0.3) is 5.91 Å². The van der Waals surface area contributed by atoms with Gasteiger partial charge in [-0.05, 0) is 64.1 Å². The zero-order chi connectivity index (χ0) is 18.7. The number of ether oxygens (including phenoxy) is 2. The molecule has 2 N–H and O–H groups in total. The van der Waals surface area contributed by atoms with Crippen molar-refractivity contribution < 1.29 is 19.1 Å². The van der Waals surface area contributed by atoms with E-state index in [-0.39, 0.29) is 5.70 Å². The highest BCUT2D eigenvalue weighted by Crippen LogP contribution is 2.35. The first-order valence-corrected chi connectivity index (χ1v) is 9.01. The lowest BCUT2D eigenvalue weighted by Gasteiger charge is -2.14. The van der Waals surface area contributed by atoms with Gasteiger partial charge in [0.05, 0.1) is 10.7 Å². The van der Waals surface area contributed by atoms with E-state index in [1.54, 1.807) is 31.4 Å². The lowest BCUT2D eigenvalue weighted by atomic mass is 10.1. The summed E-state index contributed by atoms with van der Waals surface area (Å²) in [6, 6.07) is 10.4. The monoisotopic (exact) mass is 484 g/mol. The third-order valence-corrected chi connectivity index (χ3v) is 4.63. The topological polar surface area (TPSA) is 76.7 Å². The number of benzene rings is 2. The Hall–Kier alpha value is -2.26. The molecule has 0 aliphatic carbocycles. The van der Waals surface area contributed by atoms with Crippen LogP contribution in [0.15, 0.2) is 42.1 Å². The molecule has 1 aliphatic rings. The molecule has 0 atom stereocenters. The fraction of sp³-hybridized carbons (Fsp3) is 0.111. The Balaban J connectivity index is 1.83. The fourth-order valence-corrected chi connectivity index (χ4v) is 3.26. The Bertz CT molecular complexity index is 897. The van der Waals surface area contributed by atoms with Crippen molar-refractivity contribution in [3.05, 3.63) is 61.8 Å². The van der Waals surface area contributed by atoms with Crippen LogP contribution < -0.4 is 20.1 Å². The number of hydrogen-bond donors (Lipinski definition) is 2. The maximum absolute atomic E-state index is 11.6. The van der Waals surface area contributed by atoms with Gasteiger partial charge in [-0.3, -0.25) is 10.1 Å². The summed E-state index contributed by atoms with van der Waals surface area (Å²) >= 11 is 8.02. The van der Waals surface area contributed by atoms with E-state index in [9.17, 15) is 9.59 Å². The Morgan fingerprint density at radius 3 is 2.50 bits per heavy atom. The molecule has 1 saturated heterocycles. The highest BCUT2D eigenvalue weighted by Gasteiger charge is 2.23. The molecular formula is C18H14ClIN2O4. The molecule has 1 heterocycles. The smallest absolute Gasteiger partial charge is 0.326 e. The number of rotatable bonds is 5. The second-order valence-electron chi connectivity index (χ2n) is 5.42. The zero-order valence-corrected chi connectivity index (χ0v) is 16.6. The number of amides is 3. The van der Waals surface area contributed by atoms with Crippen LogP contribution in [0.4, 0.5) is 4.79 Å². The molecule has 2 aromatic rings. The van der Waals surface area contributed by atoms with E-state index >= 15 is 0 Å². The van der Waals surface area contributed by atoms with Crippen LogP contribution in [0.2, 0.25) is 5.02 Å². The van der Waals surface area contributed by atoms with Gasteiger partial charge in [-0.25, -0.2) is 4.79 Å². The molecular weight excluding hydrogens is 471 g/mol. The summed E-state index contributed by atoms with van der Waals surface area (Å²) in [4.78, 5) is 22.8. The van der Waals surface area contributed by atoms with Crippen LogP contribution in [0.25, 0.3) is 6.08 Å². The van der Waals surface area contributed by atoms with Crippen molar-refractivity contribution in [1.82, 2.24) is 10.6 Å². The van der Waals surface area contributed by atoms with Crippen LogP contribution in [0, 0.1) is 3.57 Å². The average Bonchev–Trinajstić information content (AvgIpc) is 2.92. The highest BCUT2D eigenvalue weighted by atomic mass is 127. The molecule has 1 fully saturated rings. The number of halogens is 2. The predicted octanol–water partition coefficient (Wildman–Crippen LogP) is 3.71. The van der Waals surface area contributed by atoms with E-state index < -0.39 is 11.9 Å². The molecule has 3 amide bonds. The molecule has 8 heteroatoms. The van der Waals surface area contributed by atoms with Gasteiger partial charge in [0.1, 0.15) is 12.3 Å². The minimum Gasteiger partial charge on any atom is -0.493 e. The second-order valence-corrected chi connectivity index (χ2v) is 7.01. The van der Waals surface area contributed by atoms with Gasteiger partial charge in [-0.1, -0.05) is 23.7 Å². The van der Waals surface area contributed by atoms with Gasteiger partial charge in [0.15, 0.2) is 11.5 Å². The number of methoxy groups -OCH3 is 1. The first kappa shape index (κ1) is 18.5. The van der Waals surface area contributed by atoms with Crippen molar-refractivity contribution in [2.45, 2.75) is 6.61 Å². The van der Waals surface area contributed by atoms with E-state index in [0.717, 1.165) is 9.13 Å². The van der Waals surface area contributed by atoms with Gasteiger partial charge < -0.3 is 14.8 Å². The van der Waals surface area contributed by atoms with E-state index in [1.165, 1.54) is 0 Å². The number of hydrogen-bond acceptors (Lipinski definition) is 4. The summed E-state index contributed by atoms with van der Waals surface area (Å²) in [7, 11) is 1.54. The van der Waals surface area contributed by atoms with Gasteiger partial charge in [0, 0.05) is 5.02 Å². The highest BCUT2D eigenvalue weighted by molar-refractivity contribution is 14.1. The number of urea groups is 1. The van der Waals surface area contributed by atoms with Gasteiger partial charge in [0.2, 0.25) is 0 Å². The van der Waals surface area contributed by atoms with Crippen molar-refractivity contribution in [3.8, 4) is 11.5 Å². The molecule has 0 spiro atoms. The quantitative estimate of drug-likeness (QED) is 0.385. The van der Waals surface area contributed by atoms with Gasteiger partial charge in [-0.2, -0.15) is 0 Å². The SMILES string of the molecule is COc1cc(/C=C2\NC(=O)NC2=O)cc(I)c1OCc1ccc(Cl)cc1. The Labute approximate surface area is 168 Å². The third-order valence-electron chi connectivity index (χ3n) is 3.58. The number of imide groups is 1. The summed E-state index contributed by atoms with van der Waals surface area (Å²) in [5, 5.41) is 5.28. The summed E-state index contributed by atoms with van der Waals surface area (Å²) in [5.41, 5.74) is 1.86.